The summed E-state index contributed by atoms with van der Waals surface area (Å²) < 4.78 is 19.7. The Morgan fingerprint density at radius 2 is 2.08 bits per heavy atom. The molecule has 0 aromatic heterocycles. The van der Waals surface area contributed by atoms with E-state index in [9.17, 15) is 9.18 Å². The van der Waals surface area contributed by atoms with Crippen LogP contribution in [0.1, 0.15) is 32.1 Å². The van der Waals surface area contributed by atoms with E-state index in [1.54, 1.807) is 12.1 Å². The van der Waals surface area contributed by atoms with Crippen LogP contribution in [-0.4, -0.2) is 37.7 Å². The Hall–Kier alpha value is -1.08. The second kappa shape index (κ2) is 10.8. The Balaban J connectivity index is 0.00000156. The van der Waals surface area contributed by atoms with Gasteiger partial charge in [0.1, 0.15) is 5.82 Å². The minimum atomic E-state index is -0.364. The lowest BCUT2D eigenvalue weighted by atomic mass is 10.0. The Morgan fingerprint density at radius 1 is 1.24 bits per heavy atom. The first-order chi connectivity index (χ1) is 11.2. The number of benzene rings is 1. The van der Waals surface area contributed by atoms with Crippen LogP contribution < -0.4 is 16.0 Å². The molecule has 2 atom stereocenters. The highest BCUT2D eigenvalue weighted by Crippen LogP contribution is 2.21. The third-order valence-electron chi connectivity index (χ3n) is 4.41. The molecule has 0 spiro atoms. The average Bonchev–Trinajstić information content (AvgIpc) is 3.08. The molecule has 1 amide bonds. The molecule has 142 valence electrons. The predicted octanol–water partition coefficient (Wildman–Crippen LogP) is 3.34. The third kappa shape index (κ3) is 6.29. The molecule has 3 N–H and O–H groups in total. The third-order valence-corrected chi connectivity index (χ3v) is 4.41. The van der Waals surface area contributed by atoms with Gasteiger partial charge >= 0.3 is 0 Å². The maximum atomic E-state index is 14.1. The van der Waals surface area contributed by atoms with Crippen LogP contribution in [0.2, 0.25) is 0 Å². The Morgan fingerprint density at radius 3 is 2.72 bits per heavy atom. The van der Waals surface area contributed by atoms with Crippen molar-refractivity contribution in [2.24, 2.45) is 0 Å². The zero-order chi connectivity index (χ0) is 16.1. The number of rotatable bonds is 5. The van der Waals surface area contributed by atoms with E-state index in [4.69, 9.17) is 4.74 Å². The topological polar surface area (TPSA) is 62.4 Å². The van der Waals surface area contributed by atoms with E-state index < -0.39 is 0 Å². The minimum Gasteiger partial charge on any atom is -0.380 e. The van der Waals surface area contributed by atoms with E-state index in [1.807, 2.05) is 0 Å². The smallest absolute Gasteiger partial charge is 0.241 e. The molecule has 8 heteroatoms. The molecule has 0 radical (unpaired) electrons. The van der Waals surface area contributed by atoms with Crippen molar-refractivity contribution >= 4 is 42.1 Å². The molecule has 1 aromatic carbocycles. The summed E-state index contributed by atoms with van der Waals surface area (Å²) in [5.74, 6) is -0.457. The fourth-order valence-electron chi connectivity index (χ4n) is 3.07. The van der Waals surface area contributed by atoms with Gasteiger partial charge in [0.15, 0.2) is 0 Å². The van der Waals surface area contributed by atoms with Crippen molar-refractivity contribution in [2.75, 3.05) is 30.3 Å². The molecule has 1 unspecified atom stereocenters. The zero-order valence-corrected chi connectivity index (χ0v) is 15.7. The van der Waals surface area contributed by atoms with Crippen molar-refractivity contribution in [3.8, 4) is 0 Å². The lowest BCUT2D eigenvalue weighted by Crippen LogP contribution is -2.43. The summed E-state index contributed by atoms with van der Waals surface area (Å²) in [5.41, 5.74) is 0.928. The van der Waals surface area contributed by atoms with Crippen LogP contribution in [0.5, 0.6) is 0 Å². The number of piperidine rings is 1. The van der Waals surface area contributed by atoms with E-state index in [1.165, 1.54) is 6.07 Å². The van der Waals surface area contributed by atoms with Gasteiger partial charge in [0, 0.05) is 18.8 Å². The van der Waals surface area contributed by atoms with Gasteiger partial charge in [-0.05, 0) is 50.4 Å². The molecule has 0 bridgehead atoms. The summed E-state index contributed by atoms with van der Waals surface area (Å²) in [5, 5.41) is 9.04. The Labute approximate surface area is 160 Å². The highest BCUT2D eigenvalue weighted by atomic mass is 35.5. The summed E-state index contributed by atoms with van der Waals surface area (Å²) in [6.45, 7) is 2.25. The van der Waals surface area contributed by atoms with Gasteiger partial charge < -0.3 is 20.7 Å². The second-order valence-corrected chi connectivity index (χ2v) is 6.20. The zero-order valence-electron chi connectivity index (χ0n) is 14.1. The number of hydrogen-bond acceptors (Lipinski definition) is 4. The fraction of sp³-hybridized carbons (Fsp3) is 0.588. The van der Waals surface area contributed by atoms with Crippen molar-refractivity contribution < 1.29 is 13.9 Å². The lowest BCUT2D eigenvalue weighted by molar-refractivity contribution is -0.118. The molecule has 1 aromatic rings. The van der Waals surface area contributed by atoms with Crippen molar-refractivity contribution in [1.29, 1.82) is 0 Å². The number of carbonyl (C=O) groups is 1. The minimum absolute atomic E-state index is 0. The Kier molecular flexibility index (Phi) is 9.50. The highest BCUT2D eigenvalue weighted by Gasteiger charge is 2.21. The molecule has 5 nitrogen and oxygen atoms in total. The van der Waals surface area contributed by atoms with Crippen LogP contribution in [0.3, 0.4) is 0 Å². The fourth-order valence-corrected chi connectivity index (χ4v) is 3.07. The average molecular weight is 394 g/mol. The molecule has 25 heavy (non-hydrogen) atoms. The van der Waals surface area contributed by atoms with E-state index in [2.05, 4.69) is 16.0 Å². The predicted molar refractivity (Wildman–Crippen MR) is 103 cm³/mol. The van der Waals surface area contributed by atoms with Crippen molar-refractivity contribution in [2.45, 2.75) is 44.2 Å². The van der Waals surface area contributed by atoms with E-state index in [0.717, 1.165) is 45.3 Å². The van der Waals surface area contributed by atoms with Gasteiger partial charge in [0.2, 0.25) is 5.91 Å². The Bertz CT molecular complexity index is 551. The molecule has 0 aliphatic carbocycles. The lowest BCUT2D eigenvalue weighted by Gasteiger charge is -2.22. The van der Waals surface area contributed by atoms with Gasteiger partial charge in [-0.25, -0.2) is 4.39 Å². The normalized spacial score (nSPS) is 22.4. The number of hydrogen-bond donors (Lipinski definition) is 3. The van der Waals surface area contributed by atoms with Gasteiger partial charge in [-0.3, -0.25) is 4.79 Å². The van der Waals surface area contributed by atoms with Crippen LogP contribution in [0, 0.1) is 5.82 Å². The first kappa shape index (κ1) is 22.0. The molecule has 2 aliphatic rings. The number of anilines is 2. The summed E-state index contributed by atoms with van der Waals surface area (Å²) in [7, 11) is 0. The molecule has 0 saturated carbocycles. The largest absolute Gasteiger partial charge is 0.380 e. The molecule has 2 fully saturated rings. The molecule has 2 heterocycles. The molecule has 3 rings (SSSR count). The number of ether oxygens (including phenoxy) is 1. The molecule has 2 aliphatic heterocycles. The standard InChI is InChI=1S/C17H24FN3O2.2ClH/c18-14-10-12(21-17(22)16-5-1-2-8-19-16)6-7-15(14)20-11-13-4-3-9-23-13;;/h6-7,10,13,16,19-20H,1-5,8-9,11H2,(H,21,22);2*1H/t13?,16-;;/m1../s1. The molecule has 2 saturated heterocycles. The molecular formula is C17H26Cl2FN3O2. The SMILES string of the molecule is Cl.Cl.O=C(Nc1ccc(NCC2CCCO2)c(F)c1)[C@H]1CCCCN1. The first-order valence-electron chi connectivity index (χ1n) is 8.41. The van der Waals surface area contributed by atoms with E-state index >= 15 is 0 Å². The van der Waals surface area contributed by atoms with Crippen molar-refractivity contribution in [3.05, 3.63) is 24.0 Å². The molecular weight excluding hydrogens is 368 g/mol. The highest BCUT2D eigenvalue weighted by molar-refractivity contribution is 5.95. The van der Waals surface area contributed by atoms with Crippen LogP contribution in [0.15, 0.2) is 18.2 Å². The first-order valence-corrected chi connectivity index (χ1v) is 8.41. The van der Waals surface area contributed by atoms with Gasteiger partial charge in [-0.2, -0.15) is 0 Å². The van der Waals surface area contributed by atoms with Crippen LogP contribution in [0.25, 0.3) is 0 Å². The maximum absolute atomic E-state index is 14.1. The van der Waals surface area contributed by atoms with Crippen molar-refractivity contribution in [3.63, 3.8) is 0 Å². The number of nitrogens with one attached hydrogen (secondary N) is 3. The quantitative estimate of drug-likeness (QED) is 0.717. The monoisotopic (exact) mass is 393 g/mol. The number of amides is 1. The summed E-state index contributed by atoms with van der Waals surface area (Å²) in [6, 6.07) is 4.57. The maximum Gasteiger partial charge on any atom is 0.241 e. The van der Waals surface area contributed by atoms with E-state index in [-0.39, 0.29) is 48.7 Å². The van der Waals surface area contributed by atoms with Gasteiger partial charge in [-0.15, -0.1) is 24.8 Å². The van der Waals surface area contributed by atoms with Crippen molar-refractivity contribution in [1.82, 2.24) is 5.32 Å². The van der Waals surface area contributed by atoms with Gasteiger partial charge in [-0.1, -0.05) is 6.42 Å². The summed E-state index contributed by atoms with van der Waals surface area (Å²) in [4.78, 5) is 12.1. The number of halogens is 3. The summed E-state index contributed by atoms with van der Waals surface area (Å²) >= 11 is 0. The summed E-state index contributed by atoms with van der Waals surface area (Å²) in [6.07, 6.45) is 5.21. The van der Waals surface area contributed by atoms with E-state index in [0.29, 0.717) is 17.9 Å². The van der Waals surface area contributed by atoms with Gasteiger partial charge in [0.05, 0.1) is 17.8 Å². The number of carbonyl (C=O) groups excluding carboxylic acids is 1. The van der Waals surface area contributed by atoms with Gasteiger partial charge in [0.25, 0.3) is 0 Å². The van der Waals surface area contributed by atoms with Crippen LogP contribution in [0.4, 0.5) is 15.8 Å². The van der Waals surface area contributed by atoms with Crippen LogP contribution >= 0.6 is 24.8 Å². The second-order valence-electron chi connectivity index (χ2n) is 6.20. The van der Waals surface area contributed by atoms with Crippen LogP contribution in [-0.2, 0) is 9.53 Å².